The van der Waals surface area contributed by atoms with Crippen molar-refractivity contribution in [1.82, 2.24) is 9.97 Å². The molecule has 2 rings (SSSR count). The van der Waals surface area contributed by atoms with E-state index in [4.69, 9.17) is 11.6 Å². The van der Waals surface area contributed by atoms with Crippen molar-refractivity contribution in [2.24, 2.45) is 0 Å². The Morgan fingerprint density at radius 2 is 1.88 bits per heavy atom. The summed E-state index contributed by atoms with van der Waals surface area (Å²) in [7, 11) is 0. The summed E-state index contributed by atoms with van der Waals surface area (Å²) in [5.74, 6) is -1.40. The van der Waals surface area contributed by atoms with Crippen LogP contribution in [0.15, 0.2) is 18.2 Å². The molecule has 0 N–H and O–H groups in total. The molecule has 0 fully saturated rings. The SMILES string of the molecule is Fc1cccc2c(C(F)(F)F)nc(CCl)nc12. The molecule has 0 bridgehead atoms. The third-order valence-corrected chi connectivity index (χ3v) is 2.35. The molecular weight excluding hydrogens is 260 g/mol. The van der Waals surface area contributed by atoms with Crippen LogP contribution in [0.25, 0.3) is 10.9 Å². The Kier molecular flexibility index (Phi) is 2.91. The summed E-state index contributed by atoms with van der Waals surface area (Å²) in [5, 5.41) is -0.369. The number of aromatic nitrogens is 2. The molecule has 7 heteroatoms. The zero-order chi connectivity index (χ0) is 12.6. The van der Waals surface area contributed by atoms with Crippen LogP contribution in [0.4, 0.5) is 17.6 Å². The molecule has 0 aliphatic heterocycles. The summed E-state index contributed by atoms with van der Waals surface area (Å²) < 4.78 is 51.5. The number of halogens is 5. The van der Waals surface area contributed by atoms with Gasteiger partial charge in [-0.25, -0.2) is 14.4 Å². The van der Waals surface area contributed by atoms with Crippen LogP contribution >= 0.6 is 11.6 Å². The maximum Gasteiger partial charge on any atom is 0.434 e. The quantitative estimate of drug-likeness (QED) is 0.582. The average Bonchev–Trinajstić information content (AvgIpc) is 2.27. The van der Waals surface area contributed by atoms with Crippen molar-refractivity contribution in [2.75, 3.05) is 0 Å². The number of alkyl halides is 4. The fraction of sp³-hybridized carbons (Fsp3) is 0.200. The molecule has 0 saturated carbocycles. The van der Waals surface area contributed by atoms with Gasteiger partial charge >= 0.3 is 6.18 Å². The molecule has 0 saturated heterocycles. The normalized spacial score (nSPS) is 12.1. The number of nitrogens with zero attached hydrogens (tertiary/aromatic N) is 2. The lowest BCUT2D eigenvalue weighted by Gasteiger charge is -2.10. The number of rotatable bonds is 1. The lowest BCUT2D eigenvalue weighted by molar-refractivity contribution is -0.139. The molecular formula is C10H5ClF4N2. The predicted molar refractivity (Wildman–Crippen MR) is 54.1 cm³/mol. The van der Waals surface area contributed by atoms with Crippen LogP contribution in [-0.4, -0.2) is 9.97 Å². The molecule has 2 nitrogen and oxygen atoms in total. The minimum Gasteiger partial charge on any atom is -0.228 e. The van der Waals surface area contributed by atoms with Gasteiger partial charge in [0.2, 0.25) is 0 Å². The van der Waals surface area contributed by atoms with Crippen molar-refractivity contribution in [2.45, 2.75) is 12.1 Å². The van der Waals surface area contributed by atoms with Crippen LogP contribution in [0, 0.1) is 5.82 Å². The molecule has 17 heavy (non-hydrogen) atoms. The zero-order valence-electron chi connectivity index (χ0n) is 8.22. The molecule has 0 atom stereocenters. The Bertz CT molecular complexity index is 568. The first-order valence-electron chi connectivity index (χ1n) is 4.52. The fourth-order valence-electron chi connectivity index (χ4n) is 1.44. The van der Waals surface area contributed by atoms with Gasteiger partial charge in [-0.05, 0) is 6.07 Å². The van der Waals surface area contributed by atoms with E-state index in [1.165, 1.54) is 6.07 Å². The van der Waals surface area contributed by atoms with Gasteiger partial charge in [0.15, 0.2) is 5.69 Å². The van der Waals surface area contributed by atoms with Gasteiger partial charge in [0, 0.05) is 5.39 Å². The van der Waals surface area contributed by atoms with Crippen molar-refractivity contribution in [3.8, 4) is 0 Å². The Hall–Kier alpha value is -1.43. The minimum atomic E-state index is -4.67. The van der Waals surface area contributed by atoms with Crippen LogP contribution in [0.1, 0.15) is 11.5 Å². The lowest BCUT2D eigenvalue weighted by atomic mass is 10.1. The van der Waals surface area contributed by atoms with E-state index in [0.717, 1.165) is 12.1 Å². The van der Waals surface area contributed by atoms with Gasteiger partial charge in [-0.1, -0.05) is 12.1 Å². The highest BCUT2D eigenvalue weighted by molar-refractivity contribution is 6.16. The summed E-state index contributed by atoms with van der Waals surface area (Å²) in [4.78, 5) is 6.95. The fourth-order valence-corrected chi connectivity index (χ4v) is 1.56. The lowest BCUT2D eigenvalue weighted by Crippen LogP contribution is -2.12. The van der Waals surface area contributed by atoms with Crippen molar-refractivity contribution in [3.05, 3.63) is 35.5 Å². The predicted octanol–water partition coefficient (Wildman–Crippen LogP) is 3.53. The van der Waals surface area contributed by atoms with Crippen molar-refractivity contribution >= 4 is 22.5 Å². The summed E-state index contributed by atoms with van der Waals surface area (Å²) in [6.07, 6.45) is -4.67. The molecule has 1 heterocycles. The van der Waals surface area contributed by atoms with Crippen LogP contribution in [0.2, 0.25) is 0 Å². The van der Waals surface area contributed by atoms with E-state index in [-0.39, 0.29) is 22.6 Å². The van der Waals surface area contributed by atoms with E-state index in [1.54, 1.807) is 0 Å². The summed E-state index contributed by atoms with van der Waals surface area (Å²) in [5.41, 5.74) is -1.54. The van der Waals surface area contributed by atoms with Crippen LogP contribution in [-0.2, 0) is 12.1 Å². The van der Waals surface area contributed by atoms with Gasteiger partial charge in [-0.2, -0.15) is 13.2 Å². The maximum atomic E-state index is 13.4. The highest BCUT2D eigenvalue weighted by atomic mass is 35.5. The molecule has 0 amide bonds. The molecule has 1 aromatic carbocycles. The molecule has 0 spiro atoms. The monoisotopic (exact) mass is 264 g/mol. The van der Waals surface area contributed by atoms with Gasteiger partial charge in [0.1, 0.15) is 17.2 Å². The summed E-state index contributed by atoms with van der Waals surface area (Å²) in [6.45, 7) is 0. The molecule has 1 aromatic heterocycles. The van der Waals surface area contributed by atoms with Crippen molar-refractivity contribution in [1.29, 1.82) is 0 Å². The Labute approximate surface area is 98.2 Å². The van der Waals surface area contributed by atoms with Gasteiger partial charge in [0.25, 0.3) is 0 Å². The second-order valence-electron chi connectivity index (χ2n) is 3.26. The van der Waals surface area contributed by atoms with Crippen LogP contribution < -0.4 is 0 Å². The van der Waals surface area contributed by atoms with Crippen molar-refractivity contribution < 1.29 is 17.6 Å². The average molecular weight is 265 g/mol. The second kappa shape index (κ2) is 4.10. The standard InChI is InChI=1S/C10H5ClF4N2/c11-4-7-16-8-5(2-1-3-6(8)12)9(17-7)10(13,14)15/h1-3H,4H2. The Morgan fingerprint density at radius 3 is 2.47 bits per heavy atom. The largest absolute Gasteiger partial charge is 0.434 e. The number of hydrogen-bond donors (Lipinski definition) is 0. The molecule has 90 valence electrons. The second-order valence-corrected chi connectivity index (χ2v) is 3.52. The summed E-state index contributed by atoms with van der Waals surface area (Å²) >= 11 is 5.39. The first-order chi connectivity index (χ1) is 7.93. The number of hydrogen-bond acceptors (Lipinski definition) is 2. The molecule has 2 aromatic rings. The summed E-state index contributed by atoms with van der Waals surface area (Å²) in [6, 6.07) is 3.34. The highest BCUT2D eigenvalue weighted by Crippen LogP contribution is 2.33. The molecule has 0 radical (unpaired) electrons. The zero-order valence-corrected chi connectivity index (χ0v) is 8.98. The first-order valence-corrected chi connectivity index (χ1v) is 5.05. The van der Waals surface area contributed by atoms with E-state index < -0.39 is 17.7 Å². The van der Waals surface area contributed by atoms with E-state index in [1.807, 2.05) is 0 Å². The smallest absolute Gasteiger partial charge is 0.228 e. The van der Waals surface area contributed by atoms with Gasteiger partial charge < -0.3 is 0 Å². The number of para-hydroxylation sites is 1. The first kappa shape index (κ1) is 12.0. The third kappa shape index (κ3) is 2.17. The Balaban J connectivity index is 2.86. The van der Waals surface area contributed by atoms with Crippen LogP contribution in [0.5, 0.6) is 0 Å². The van der Waals surface area contributed by atoms with Crippen molar-refractivity contribution in [3.63, 3.8) is 0 Å². The van der Waals surface area contributed by atoms with E-state index in [2.05, 4.69) is 9.97 Å². The number of benzene rings is 1. The Morgan fingerprint density at radius 1 is 1.18 bits per heavy atom. The molecule has 0 unspecified atom stereocenters. The van der Waals surface area contributed by atoms with Gasteiger partial charge in [-0.15, -0.1) is 11.6 Å². The molecule has 0 aliphatic carbocycles. The van der Waals surface area contributed by atoms with E-state index >= 15 is 0 Å². The van der Waals surface area contributed by atoms with E-state index in [9.17, 15) is 17.6 Å². The number of fused-ring (bicyclic) bond motifs is 1. The van der Waals surface area contributed by atoms with Crippen LogP contribution in [0.3, 0.4) is 0 Å². The van der Waals surface area contributed by atoms with Gasteiger partial charge in [-0.3, -0.25) is 0 Å². The van der Waals surface area contributed by atoms with E-state index in [0.29, 0.717) is 0 Å². The highest BCUT2D eigenvalue weighted by Gasteiger charge is 2.35. The third-order valence-electron chi connectivity index (χ3n) is 2.11. The topological polar surface area (TPSA) is 25.8 Å². The van der Waals surface area contributed by atoms with Gasteiger partial charge in [0.05, 0.1) is 5.88 Å². The molecule has 0 aliphatic rings. The minimum absolute atomic E-state index is 0.253. The maximum absolute atomic E-state index is 13.4.